The molecule has 4 nitrogen and oxygen atoms in total. The summed E-state index contributed by atoms with van der Waals surface area (Å²) in [6.45, 7) is 0. The molecule has 2 heterocycles. The fraction of sp³-hybridized carbons (Fsp3) is 0.467. The summed E-state index contributed by atoms with van der Waals surface area (Å²) in [5.74, 6) is -0.808. The van der Waals surface area contributed by atoms with Gasteiger partial charge in [0.1, 0.15) is 6.10 Å². The minimum Gasteiger partial charge on any atom is -0.469 e. The highest BCUT2D eigenvalue weighted by Crippen LogP contribution is 2.49. The van der Waals surface area contributed by atoms with Crippen molar-refractivity contribution in [2.45, 2.75) is 31.0 Å². The molecule has 0 radical (unpaired) electrons. The van der Waals surface area contributed by atoms with Crippen molar-refractivity contribution in [3.63, 3.8) is 0 Å². The van der Waals surface area contributed by atoms with Gasteiger partial charge < -0.3 is 9.47 Å². The molecular weight excluding hydrogens is 244 g/mol. The van der Waals surface area contributed by atoms with E-state index in [1.54, 1.807) is 0 Å². The van der Waals surface area contributed by atoms with Crippen LogP contribution >= 0.6 is 0 Å². The van der Waals surface area contributed by atoms with E-state index in [-0.39, 0.29) is 11.8 Å². The number of ketones is 1. The van der Waals surface area contributed by atoms with Crippen LogP contribution in [0.25, 0.3) is 0 Å². The Morgan fingerprint density at radius 3 is 2.79 bits per heavy atom. The SMILES string of the molecule is COC(=O)[C@@H]1C[C@@]2(c3ccccc3)CCC(=O)[C@@H]1O2. The van der Waals surface area contributed by atoms with Crippen LogP contribution in [0.5, 0.6) is 0 Å². The lowest BCUT2D eigenvalue weighted by molar-refractivity contribution is -0.157. The van der Waals surface area contributed by atoms with Crippen LogP contribution in [0.15, 0.2) is 30.3 Å². The average molecular weight is 260 g/mol. The Balaban J connectivity index is 1.97. The lowest BCUT2D eigenvalue weighted by Gasteiger charge is -2.33. The van der Waals surface area contributed by atoms with Crippen molar-refractivity contribution in [1.29, 1.82) is 0 Å². The zero-order chi connectivity index (χ0) is 13.5. The van der Waals surface area contributed by atoms with Crippen LogP contribution in [0.4, 0.5) is 0 Å². The number of methoxy groups -OCH3 is 1. The molecule has 0 saturated carbocycles. The molecule has 3 atom stereocenters. The molecule has 0 N–H and O–H groups in total. The molecule has 4 heteroatoms. The summed E-state index contributed by atoms with van der Waals surface area (Å²) in [6, 6.07) is 9.83. The maximum Gasteiger partial charge on any atom is 0.311 e. The fourth-order valence-electron chi connectivity index (χ4n) is 3.18. The standard InChI is InChI=1S/C15H16O4/c1-18-14(17)11-9-15(10-5-3-2-4-6-10)8-7-12(16)13(11)19-15/h2-6,11,13H,7-9H2,1H3/t11-,13-,15-/m1/s1. The molecular formula is C15H16O4. The summed E-state index contributed by atoms with van der Waals surface area (Å²) in [5.41, 5.74) is 0.539. The van der Waals surface area contributed by atoms with Crippen LogP contribution in [0.3, 0.4) is 0 Å². The third kappa shape index (κ3) is 1.87. The second kappa shape index (κ2) is 4.46. The van der Waals surface area contributed by atoms with Crippen molar-refractivity contribution in [2.75, 3.05) is 7.11 Å². The van der Waals surface area contributed by atoms with Gasteiger partial charge in [-0.1, -0.05) is 30.3 Å². The topological polar surface area (TPSA) is 52.6 Å². The molecule has 2 saturated heterocycles. The summed E-state index contributed by atoms with van der Waals surface area (Å²) < 4.78 is 10.8. The monoisotopic (exact) mass is 260 g/mol. The van der Waals surface area contributed by atoms with E-state index in [1.165, 1.54) is 7.11 Å². The van der Waals surface area contributed by atoms with Crippen molar-refractivity contribution in [2.24, 2.45) is 5.92 Å². The molecule has 3 rings (SSSR count). The van der Waals surface area contributed by atoms with Crippen molar-refractivity contribution < 1.29 is 19.1 Å². The van der Waals surface area contributed by atoms with Crippen molar-refractivity contribution in [3.05, 3.63) is 35.9 Å². The maximum absolute atomic E-state index is 11.9. The predicted octanol–water partition coefficient (Wildman–Crippen LogP) is 1.82. The van der Waals surface area contributed by atoms with E-state index in [1.807, 2.05) is 30.3 Å². The third-order valence-corrected chi connectivity index (χ3v) is 4.16. The summed E-state index contributed by atoms with van der Waals surface area (Å²) in [7, 11) is 1.35. The number of rotatable bonds is 2. The highest BCUT2D eigenvalue weighted by Gasteiger charge is 2.56. The van der Waals surface area contributed by atoms with E-state index in [0.717, 1.165) is 5.56 Å². The summed E-state index contributed by atoms with van der Waals surface area (Å²) >= 11 is 0. The lowest BCUT2D eigenvalue weighted by Crippen LogP contribution is -2.37. The van der Waals surface area contributed by atoms with E-state index in [9.17, 15) is 9.59 Å². The molecule has 0 aliphatic carbocycles. The highest BCUT2D eigenvalue weighted by atomic mass is 16.5. The van der Waals surface area contributed by atoms with Gasteiger partial charge in [0.15, 0.2) is 5.78 Å². The Morgan fingerprint density at radius 1 is 1.37 bits per heavy atom. The molecule has 19 heavy (non-hydrogen) atoms. The second-order valence-corrected chi connectivity index (χ2v) is 5.20. The first-order chi connectivity index (χ1) is 9.16. The Bertz CT molecular complexity index is 510. The van der Waals surface area contributed by atoms with Gasteiger partial charge in [-0.2, -0.15) is 0 Å². The zero-order valence-electron chi connectivity index (χ0n) is 10.8. The Kier molecular flexibility index (Phi) is 2.90. The number of benzene rings is 1. The van der Waals surface area contributed by atoms with Gasteiger partial charge >= 0.3 is 5.97 Å². The first kappa shape index (κ1) is 12.4. The van der Waals surface area contributed by atoms with E-state index in [4.69, 9.17) is 9.47 Å². The summed E-state index contributed by atoms with van der Waals surface area (Å²) in [5, 5.41) is 0. The molecule has 2 aliphatic rings. The van der Waals surface area contributed by atoms with E-state index in [2.05, 4.69) is 0 Å². The van der Waals surface area contributed by atoms with Crippen LogP contribution in [0.1, 0.15) is 24.8 Å². The molecule has 0 amide bonds. The van der Waals surface area contributed by atoms with Gasteiger partial charge in [-0.05, 0) is 18.4 Å². The number of ether oxygens (including phenoxy) is 2. The van der Waals surface area contributed by atoms with Crippen LogP contribution in [-0.4, -0.2) is 25.0 Å². The largest absolute Gasteiger partial charge is 0.469 e. The number of esters is 1. The highest BCUT2D eigenvalue weighted by molar-refractivity contribution is 5.90. The number of hydrogen-bond acceptors (Lipinski definition) is 4. The number of Topliss-reactive ketones (excluding diaryl/α,β-unsaturated/α-hetero) is 1. The average Bonchev–Trinajstić information content (AvgIpc) is 2.80. The van der Waals surface area contributed by atoms with Gasteiger partial charge in [0.25, 0.3) is 0 Å². The Hall–Kier alpha value is -1.68. The van der Waals surface area contributed by atoms with Gasteiger partial charge in [0.2, 0.25) is 0 Å². The third-order valence-electron chi connectivity index (χ3n) is 4.16. The Labute approximate surface area is 111 Å². The number of carbonyl (C=O) groups excluding carboxylic acids is 2. The minimum absolute atomic E-state index is 0.0134. The number of fused-ring (bicyclic) bond motifs is 2. The maximum atomic E-state index is 11.9. The molecule has 100 valence electrons. The van der Waals surface area contributed by atoms with Gasteiger partial charge in [-0.15, -0.1) is 0 Å². The van der Waals surface area contributed by atoms with Crippen LogP contribution in [0.2, 0.25) is 0 Å². The molecule has 2 aliphatic heterocycles. The number of hydrogen-bond donors (Lipinski definition) is 0. The molecule has 0 aromatic heterocycles. The Morgan fingerprint density at radius 2 is 2.11 bits per heavy atom. The summed E-state index contributed by atoms with van der Waals surface area (Å²) in [6.07, 6.45) is 0.994. The van der Waals surface area contributed by atoms with Crippen molar-refractivity contribution in [1.82, 2.24) is 0 Å². The molecule has 0 spiro atoms. The lowest BCUT2D eigenvalue weighted by atomic mass is 9.85. The van der Waals surface area contributed by atoms with Gasteiger partial charge in [0, 0.05) is 6.42 Å². The van der Waals surface area contributed by atoms with Gasteiger partial charge in [-0.3, -0.25) is 9.59 Å². The minimum atomic E-state index is -0.638. The van der Waals surface area contributed by atoms with Crippen LogP contribution in [0, 0.1) is 5.92 Å². The van der Waals surface area contributed by atoms with Crippen LogP contribution < -0.4 is 0 Å². The number of carbonyl (C=O) groups is 2. The normalized spacial score (nSPS) is 33.2. The van der Waals surface area contributed by atoms with E-state index >= 15 is 0 Å². The quantitative estimate of drug-likeness (QED) is 0.761. The molecule has 1 aromatic carbocycles. The summed E-state index contributed by atoms with van der Waals surface area (Å²) in [4.78, 5) is 23.7. The zero-order valence-corrected chi connectivity index (χ0v) is 10.8. The molecule has 2 fully saturated rings. The predicted molar refractivity (Wildman–Crippen MR) is 67.4 cm³/mol. The van der Waals surface area contributed by atoms with Crippen molar-refractivity contribution in [3.8, 4) is 0 Å². The first-order valence-corrected chi connectivity index (χ1v) is 6.50. The van der Waals surface area contributed by atoms with Gasteiger partial charge in [-0.25, -0.2) is 0 Å². The van der Waals surface area contributed by atoms with Gasteiger partial charge in [0.05, 0.1) is 18.6 Å². The van der Waals surface area contributed by atoms with Crippen molar-refractivity contribution >= 4 is 11.8 Å². The van der Waals surface area contributed by atoms with E-state index < -0.39 is 17.6 Å². The first-order valence-electron chi connectivity index (χ1n) is 6.50. The van der Waals surface area contributed by atoms with E-state index in [0.29, 0.717) is 19.3 Å². The van der Waals surface area contributed by atoms with Crippen LogP contribution in [-0.2, 0) is 24.7 Å². The fourth-order valence-corrected chi connectivity index (χ4v) is 3.18. The second-order valence-electron chi connectivity index (χ2n) is 5.20. The molecule has 1 aromatic rings. The molecule has 2 bridgehead atoms. The smallest absolute Gasteiger partial charge is 0.311 e. The molecule has 0 unspecified atom stereocenters.